The van der Waals surface area contributed by atoms with Gasteiger partial charge in [-0.15, -0.1) is 0 Å². The lowest BCUT2D eigenvalue weighted by atomic mass is 9.85. The number of aromatic nitrogens is 1. The van der Waals surface area contributed by atoms with Crippen LogP contribution in [0.5, 0.6) is 0 Å². The lowest BCUT2D eigenvalue weighted by Gasteiger charge is -2.31. The zero-order valence-corrected chi connectivity index (χ0v) is 10.4. The maximum absolute atomic E-state index is 12.7. The fourth-order valence-electron chi connectivity index (χ4n) is 2.32. The van der Waals surface area contributed by atoms with Gasteiger partial charge in [-0.25, -0.2) is 0 Å². The van der Waals surface area contributed by atoms with Crippen molar-refractivity contribution in [2.75, 3.05) is 5.32 Å². The lowest BCUT2D eigenvalue weighted by molar-refractivity contribution is -0.182. The molecule has 2 unspecified atom stereocenters. The van der Waals surface area contributed by atoms with E-state index in [2.05, 4.69) is 10.3 Å². The van der Waals surface area contributed by atoms with Crippen molar-refractivity contribution < 1.29 is 13.2 Å². The summed E-state index contributed by atoms with van der Waals surface area (Å²) in [4.78, 5) is 3.91. The summed E-state index contributed by atoms with van der Waals surface area (Å²) in [6.45, 7) is 0. The fraction of sp³-hybridized carbons (Fsp3) is 0.583. The van der Waals surface area contributed by atoms with Crippen molar-refractivity contribution in [2.24, 2.45) is 5.92 Å². The average Bonchev–Trinajstić information content (AvgIpc) is 2.31. The van der Waals surface area contributed by atoms with Crippen LogP contribution >= 0.6 is 11.6 Å². The SMILES string of the molecule is FC(F)(F)C1CCCC(Nc2cnccc2Cl)C1. The minimum absolute atomic E-state index is 0.106. The van der Waals surface area contributed by atoms with E-state index in [0.717, 1.165) is 6.42 Å². The molecule has 0 amide bonds. The van der Waals surface area contributed by atoms with Gasteiger partial charge in [-0.05, 0) is 25.3 Å². The molecule has 1 saturated carbocycles. The second kappa shape index (κ2) is 5.34. The van der Waals surface area contributed by atoms with E-state index >= 15 is 0 Å². The summed E-state index contributed by atoms with van der Waals surface area (Å²) in [5, 5.41) is 3.54. The maximum atomic E-state index is 12.7. The maximum Gasteiger partial charge on any atom is 0.391 e. The first-order valence-corrected chi connectivity index (χ1v) is 6.27. The predicted octanol–water partition coefficient (Wildman–Crippen LogP) is 4.27. The van der Waals surface area contributed by atoms with Gasteiger partial charge in [0, 0.05) is 12.2 Å². The van der Waals surface area contributed by atoms with Crippen molar-refractivity contribution in [3.05, 3.63) is 23.5 Å². The Morgan fingerprint density at radius 2 is 2.11 bits per heavy atom. The molecule has 0 aliphatic heterocycles. The van der Waals surface area contributed by atoms with Crippen molar-refractivity contribution in [3.8, 4) is 0 Å². The third-order valence-electron chi connectivity index (χ3n) is 3.26. The lowest BCUT2D eigenvalue weighted by Crippen LogP contribution is -2.34. The minimum atomic E-state index is -4.10. The number of alkyl halides is 3. The van der Waals surface area contributed by atoms with Crippen molar-refractivity contribution in [1.29, 1.82) is 0 Å². The van der Waals surface area contributed by atoms with Gasteiger partial charge in [0.05, 0.1) is 22.8 Å². The Labute approximate surface area is 109 Å². The first-order chi connectivity index (χ1) is 8.47. The molecule has 0 radical (unpaired) electrons. The summed E-state index contributed by atoms with van der Waals surface area (Å²) < 4.78 is 38.0. The second-order valence-electron chi connectivity index (χ2n) is 4.60. The van der Waals surface area contributed by atoms with Crippen LogP contribution in [-0.2, 0) is 0 Å². The number of pyridine rings is 1. The molecule has 0 aromatic carbocycles. The van der Waals surface area contributed by atoms with Crippen LogP contribution in [0.15, 0.2) is 18.5 Å². The molecular formula is C12H14ClF3N2. The summed E-state index contributed by atoms with van der Waals surface area (Å²) in [7, 11) is 0. The van der Waals surface area contributed by atoms with Crippen LogP contribution in [0.3, 0.4) is 0 Å². The molecule has 1 aromatic rings. The molecule has 2 rings (SSSR count). The normalized spacial score (nSPS) is 24.9. The van der Waals surface area contributed by atoms with Crippen LogP contribution in [-0.4, -0.2) is 17.2 Å². The first-order valence-electron chi connectivity index (χ1n) is 5.89. The van der Waals surface area contributed by atoms with Crippen LogP contribution in [0, 0.1) is 5.92 Å². The Morgan fingerprint density at radius 3 is 2.78 bits per heavy atom. The number of anilines is 1. The van der Waals surface area contributed by atoms with E-state index in [1.54, 1.807) is 18.5 Å². The van der Waals surface area contributed by atoms with Gasteiger partial charge in [-0.1, -0.05) is 18.0 Å². The standard InChI is InChI=1S/C12H14ClF3N2/c13-10-4-5-17-7-11(10)18-9-3-1-2-8(6-9)12(14,15)16/h4-5,7-9,18H,1-3,6H2. The molecule has 0 bridgehead atoms. The van der Waals surface area contributed by atoms with Crippen LogP contribution in [0.25, 0.3) is 0 Å². The highest BCUT2D eigenvalue weighted by molar-refractivity contribution is 6.33. The molecule has 0 saturated heterocycles. The smallest absolute Gasteiger partial charge is 0.380 e. The van der Waals surface area contributed by atoms with Crippen molar-refractivity contribution in [3.63, 3.8) is 0 Å². The second-order valence-corrected chi connectivity index (χ2v) is 5.01. The summed E-state index contributed by atoms with van der Waals surface area (Å²) in [5.74, 6) is -1.21. The van der Waals surface area contributed by atoms with E-state index in [0.29, 0.717) is 17.1 Å². The summed E-state index contributed by atoms with van der Waals surface area (Å²) in [6, 6.07) is 1.43. The summed E-state index contributed by atoms with van der Waals surface area (Å²) in [6.07, 6.45) is 0.639. The number of nitrogens with one attached hydrogen (secondary N) is 1. The molecule has 1 aliphatic carbocycles. The topological polar surface area (TPSA) is 24.9 Å². The van der Waals surface area contributed by atoms with Gasteiger partial charge in [0.1, 0.15) is 0 Å². The molecule has 1 fully saturated rings. The van der Waals surface area contributed by atoms with E-state index in [1.807, 2.05) is 0 Å². The van der Waals surface area contributed by atoms with Crippen LogP contribution in [0.1, 0.15) is 25.7 Å². The number of hydrogen-bond acceptors (Lipinski definition) is 2. The van der Waals surface area contributed by atoms with Gasteiger partial charge in [0.15, 0.2) is 0 Å². The Balaban J connectivity index is 2.00. The number of nitrogens with zero attached hydrogens (tertiary/aromatic N) is 1. The average molecular weight is 279 g/mol. The zero-order valence-electron chi connectivity index (χ0n) is 9.67. The van der Waals surface area contributed by atoms with E-state index in [9.17, 15) is 13.2 Å². The van der Waals surface area contributed by atoms with E-state index in [4.69, 9.17) is 11.6 Å². The van der Waals surface area contributed by atoms with Crippen LogP contribution in [0.2, 0.25) is 5.02 Å². The van der Waals surface area contributed by atoms with Crippen LogP contribution in [0.4, 0.5) is 18.9 Å². The van der Waals surface area contributed by atoms with Gasteiger partial charge in [-0.3, -0.25) is 4.98 Å². The Bertz CT molecular complexity index is 409. The van der Waals surface area contributed by atoms with Crippen molar-refractivity contribution >= 4 is 17.3 Å². The van der Waals surface area contributed by atoms with Gasteiger partial charge < -0.3 is 5.32 Å². The van der Waals surface area contributed by atoms with Gasteiger partial charge >= 0.3 is 6.18 Å². The minimum Gasteiger partial charge on any atom is -0.380 e. The molecule has 1 aromatic heterocycles. The molecule has 1 heterocycles. The van der Waals surface area contributed by atoms with Gasteiger partial charge in [0.2, 0.25) is 0 Å². The van der Waals surface area contributed by atoms with Gasteiger partial charge in [-0.2, -0.15) is 13.2 Å². The van der Waals surface area contributed by atoms with E-state index < -0.39 is 12.1 Å². The van der Waals surface area contributed by atoms with Crippen LogP contribution < -0.4 is 5.32 Å². The number of halogens is 4. The van der Waals surface area contributed by atoms with Crippen molar-refractivity contribution in [2.45, 2.75) is 37.9 Å². The molecule has 1 aliphatic rings. The fourth-order valence-corrected chi connectivity index (χ4v) is 2.48. The molecule has 18 heavy (non-hydrogen) atoms. The third kappa shape index (κ3) is 3.28. The Hall–Kier alpha value is -0.970. The van der Waals surface area contributed by atoms with Gasteiger partial charge in [0.25, 0.3) is 0 Å². The molecule has 6 heteroatoms. The molecule has 2 atom stereocenters. The monoisotopic (exact) mass is 278 g/mol. The van der Waals surface area contributed by atoms with Crippen molar-refractivity contribution in [1.82, 2.24) is 4.98 Å². The number of rotatable bonds is 2. The highest BCUT2D eigenvalue weighted by Crippen LogP contribution is 2.38. The predicted molar refractivity (Wildman–Crippen MR) is 64.7 cm³/mol. The zero-order chi connectivity index (χ0) is 13.2. The largest absolute Gasteiger partial charge is 0.391 e. The summed E-state index contributed by atoms with van der Waals surface area (Å²) >= 11 is 5.95. The first kappa shape index (κ1) is 13.5. The quantitative estimate of drug-likeness (QED) is 0.874. The Morgan fingerprint density at radius 1 is 1.33 bits per heavy atom. The molecule has 100 valence electrons. The number of hydrogen-bond donors (Lipinski definition) is 1. The molecule has 2 nitrogen and oxygen atoms in total. The van der Waals surface area contributed by atoms with E-state index in [1.165, 1.54) is 0 Å². The third-order valence-corrected chi connectivity index (χ3v) is 3.59. The van der Waals surface area contributed by atoms with E-state index in [-0.39, 0.29) is 18.9 Å². The molecular weight excluding hydrogens is 265 g/mol. The highest BCUT2D eigenvalue weighted by Gasteiger charge is 2.42. The summed E-state index contributed by atoms with van der Waals surface area (Å²) in [5.41, 5.74) is 0.604. The molecule has 0 spiro atoms. The highest BCUT2D eigenvalue weighted by atomic mass is 35.5. The molecule has 1 N–H and O–H groups in total. The Kier molecular flexibility index (Phi) is 4.00.